The Balaban J connectivity index is 1.66. The van der Waals surface area contributed by atoms with E-state index in [1.165, 1.54) is 4.68 Å². The minimum absolute atomic E-state index is 0.137. The summed E-state index contributed by atoms with van der Waals surface area (Å²) in [5, 5.41) is 17.8. The number of benzene rings is 1. The summed E-state index contributed by atoms with van der Waals surface area (Å²) in [5.74, 6) is -1.94. The van der Waals surface area contributed by atoms with E-state index >= 15 is 0 Å². The summed E-state index contributed by atoms with van der Waals surface area (Å²) in [6.07, 6.45) is 5.23. The summed E-state index contributed by atoms with van der Waals surface area (Å²) in [4.78, 5) is 23.6. The number of esters is 1. The molecule has 0 unspecified atom stereocenters. The maximum absolute atomic E-state index is 12.2. The van der Waals surface area contributed by atoms with Crippen molar-refractivity contribution in [3.05, 3.63) is 53.3 Å². The molecule has 3 rings (SSSR count). The minimum Gasteiger partial charge on any atom is -0.480 e. The number of halogens is 1. The number of allylic oxidation sites excluding steroid dienone is 2. The normalized spacial score (nSPS) is 15.4. The molecule has 0 amide bonds. The molecule has 0 radical (unpaired) electrons. The van der Waals surface area contributed by atoms with Gasteiger partial charge >= 0.3 is 11.9 Å². The van der Waals surface area contributed by atoms with E-state index in [0.29, 0.717) is 10.7 Å². The molecule has 2 aromatic rings. The van der Waals surface area contributed by atoms with Gasteiger partial charge in [-0.25, -0.2) is 4.68 Å². The van der Waals surface area contributed by atoms with E-state index in [9.17, 15) is 14.7 Å². The van der Waals surface area contributed by atoms with Crippen LogP contribution in [-0.4, -0.2) is 32.0 Å². The van der Waals surface area contributed by atoms with E-state index in [-0.39, 0.29) is 19.4 Å². The predicted molar refractivity (Wildman–Crippen MR) is 84.6 cm³/mol. The molecule has 0 spiro atoms. The number of hydrogen-bond donors (Lipinski definition) is 1. The highest BCUT2D eigenvalue weighted by Crippen LogP contribution is 2.35. The van der Waals surface area contributed by atoms with Crippen molar-refractivity contribution in [3.63, 3.8) is 0 Å². The van der Waals surface area contributed by atoms with E-state index in [0.717, 1.165) is 5.69 Å². The lowest BCUT2D eigenvalue weighted by Gasteiger charge is -2.21. The molecule has 124 valence electrons. The molecule has 8 heteroatoms. The molecule has 0 aliphatic heterocycles. The van der Waals surface area contributed by atoms with E-state index in [2.05, 4.69) is 10.3 Å². The van der Waals surface area contributed by atoms with Gasteiger partial charge in [-0.3, -0.25) is 9.59 Å². The van der Waals surface area contributed by atoms with Crippen molar-refractivity contribution in [3.8, 4) is 5.69 Å². The highest BCUT2D eigenvalue weighted by Gasteiger charge is 2.48. The van der Waals surface area contributed by atoms with Crippen molar-refractivity contribution in [1.82, 2.24) is 15.0 Å². The molecule has 0 bridgehead atoms. The Morgan fingerprint density at radius 2 is 1.92 bits per heavy atom. The Morgan fingerprint density at radius 1 is 1.25 bits per heavy atom. The van der Waals surface area contributed by atoms with E-state index in [1.54, 1.807) is 42.6 Å². The molecule has 0 atom stereocenters. The summed E-state index contributed by atoms with van der Waals surface area (Å²) in [7, 11) is 0. The van der Waals surface area contributed by atoms with Crippen LogP contribution >= 0.6 is 11.6 Å². The molecule has 1 aromatic heterocycles. The van der Waals surface area contributed by atoms with Gasteiger partial charge in [-0.05, 0) is 37.1 Å². The maximum atomic E-state index is 12.2. The number of rotatable bonds is 5. The molecule has 1 aliphatic rings. The van der Waals surface area contributed by atoms with Crippen molar-refractivity contribution in [2.24, 2.45) is 5.41 Å². The Hall–Kier alpha value is -2.67. The topological polar surface area (TPSA) is 94.3 Å². The van der Waals surface area contributed by atoms with Crippen molar-refractivity contribution < 1.29 is 19.4 Å². The average Bonchev–Trinajstić information content (AvgIpc) is 3.23. The summed E-state index contributed by atoms with van der Waals surface area (Å²) >= 11 is 5.83. The SMILES string of the molecule is O=C(O)C1(C(=O)OCc2cn(-c3ccc(Cl)cc3)nn2)CC=CC1. The van der Waals surface area contributed by atoms with Gasteiger partial charge in [-0.1, -0.05) is 29.0 Å². The molecule has 1 heterocycles. The second-order valence-corrected chi connectivity index (χ2v) is 5.91. The van der Waals surface area contributed by atoms with Crippen molar-refractivity contribution in [1.29, 1.82) is 0 Å². The molecule has 1 aromatic carbocycles. The van der Waals surface area contributed by atoms with Gasteiger partial charge in [0, 0.05) is 5.02 Å². The zero-order chi connectivity index (χ0) is 17.2. The van der Waals surface area contributed by atoms with Crippen molar-refractivity contribution in [2.45, 2.75) is 19.4 Å². The first-order chi connectivity index (χ1) is 11.5. The summed E-state index contributed by atoms with van der Waals surface area (Å²) in [6.45, 7) is -0.137. The molecule has 0 saturated carbocycles. The molecular formula is C16H14ClN3O4. The molecule has 0 saturated heterocycles. The van der Waals surface area contributed by atoms with Crippen LogP contribution in [0, 0.1) is 5.41 Å². The monoisotopic (exact) mass is 347 g/mol. The van der Waals surface area contributed by atoms with Crippen LogP contribution in [0.15, 0.2) is 42.6 Å². The number of carboxylic acids is 1. The molecule has 24 heavy (non-hydrogen) atoms. The molecule has 0 fully saturated rings. The number of ether oxygens (including phenoxy) is 1. The lowest BCUT2D eigenvalue weighted by Crippen LogP contribution is -2.38. The van der Waals surface area contributed by atoms with Crippen LogP contribution in [0.1, 0.15) is 18.5 Å². The number of carbonyl (C=O) groups is 2. The lowest BCUT2D eigenvalue weighted by molar-refractivity contribution is -0.169. The fourth-order valence-electron chi connectivity index (χ4n) is 2.44. The van der Waals surface area contributed by atoms with E-state index in [1.807, 2.05) is 0 Å². The summed E-state index contributed by atoms with van der Waals surface area (Å²) in [6, 6.07) is 7.00. The fraction of sp³-hybridized carbons (Fsp3) is 0.250. The Morgan fingerprint density at radius 3 is 2.54 bits per heavy atom. The van der Waals surface area contributed by atoms with Gasteiger partial charge < -0.3 is 9.84 Å². The van der Waals surface area contributed by atoms with Crippen molar-refractivity contribution >= 4 is 23.5 Å². The molecule has 1 aliphatic carbocycles. The van der Waals surface area contributed by atoms with Gasteiger partial charge in [0.25, 0.3) is 0 Å². The fourth-order valence-corrected chi connectivity index (χ4v) is 2.57. The zero-order valence-corrected chi connectivity index (χ0v) is 13.3. The van der Waals surface area contributed by atoms with Gasteiger partial charge in [-0.2, -0.15) is 0 Å². The Bertz CT molecular complexity index is 790. The third-order valence-electron chi connectivity index (χ3n) is 3.88. The second-order valence-electron chi connectivity index (χ2n) is 5.47. The first-order valence-corrected chi connectivity index (χ1v) is 7.62. The van der Waals surface area contributed by atoms with Crippen LogP contribution in [0.3, 0.4) is 0 Å². The predicted octanol–water partition coefficient (Wildman–Crippen LogP) is 2.38. The smallest absolute Gasteiger partial charge is 0.324 e. The highest BCUT2D eigenvalue weighted by atomic mass is 35.5. The molecule has 7 nitrogen and oxygen atoms in total. The number of carbonyl (C=O) groups excluding carboxylic acids is 1. The molecule has 1 N–H and O–H groups in total. The maximum Gasteiger partial charge on any atom is 0.324 e. The average molecular weight is 348 g/mol. The number of aliphatic carboxylic acids is 1. The van der Waals surface area contributed by atoms with Crippen LogP contribution in [0.4, 0.5) is 0 Å². The third kappa shape index (κ3) is 3.03. The van der Waals surface area contributed by atoms with Gasteiger partial charge in [0.05, 0.1) is 11.9 Å². The third-order valence-corrected chi connectivity index (χ3v) is 4.13. The summed E-state index contributed by atoms with van der Waals surface area (Å²) in [5.41, 5.74) is -0.345. The summed E-state index contributed by atoms with van der Waals surface area (Å²) < 4.78 is 6.67. The zero-order valence-electron chi connectivity index (χ0n) is 12.6. The van der Waals surface area contributed by atoms with E-state index < -0.39 is 17.4 Å². The minimum atomic E-state index is -1.52. The number of aromatic nitrogens is 3. The Kier molecular flexibility index (Phi) is 4.35. The Labute approximate surface area is 142 Å². The van der Waals surface area contributed by atoms with Gasteiger partial charge in [-0.15, -0.1) is 5.10 Å². The quantitative estimate of drug-likeness (QED) is 0.507. The van der Waals surface area contributed by atoms with Crippen LogP contribution in [0.2, 0.25) is 5.02 Å². The number of nitrogens with zero attached hydrogens (tertiary/aromatic N) is 3. The largest absolute Gasteiger partial charge is 0.480 e. The number of carboxylic acid groups (broad SMARTS) is 1. The second kappa shape index (κ2) is 6.45. The first-order valence-electron chi connectivity index (χ1n) is 7.24. The van der Waals surface area contributed by atoms with Gasteiger partial charge in [0.15, 0.2) is 5.41 Å². The highest BCUT2D eigenvalue weighted by molar-refractivity contribution is 6.30. The van der Waals surface area contributed by atoms with Crippen LogP contribution in [0.25, 0.3) is 5.69 Å². The van der Waals surface area contributed by atoms with Gasteiger partial charge in [0.2, 0.25) is 0 Å². The van der Waals surface area contributed by atoms with Crippen molar-refractivity contribution in [2.75, 3.05) is 0 Å². The first kappa shape index (κ1) is 16.2. The van der Waals surface area contributed by atoms with Crippen LogP contribution < -0.4 is 0 Å². The standard InChI is InChI=1S/C16H14ClN3O4/c17-11-3-5-13(6-4-11)20-9-12(18-19-20)10-24-15(23)16(14(21)22)7-1-2-8-16/h1-6,9H,7-8,10H2,(H,21,22). The molecular weight excluding hydrogens is 334 g/mol. The van der Waals surface area contributed by atoms with Crippen LogP contribution in [-0.2, 0) is 20.9 Å². The lowest BCUT2D eigenvalue weighted by atomic mass is 9.86. The number of hydrogen-bond acceptors (Lipinski definition) is 5. The van der Waals surface area contributed by atoms with E-state index in [4.69, 9.17) is 16.3 Å². The van der Waals surface area contributed by atoms with Gasteiger partial charge in [0.1, 0.15) is 12.3 Å². The van der Waals surface area contributed by atoms with Crippen LogP contribution in [0.5, 0.6) is 0 Å².